The highest BCUT2D eigenvalue weighted by atomic mass is 32.2. The average molecular weight is 284 g/mol. The maximum atomic E-state index is 12.0. The summed E-state index contributed by atoms with van der Waals surface area (Å²) in [6.45, 7) is 0.258. The summed E-state index contributed by atoms with van der Waals surface area (Å²) in [7, 11) is -0.202. The molecule has 0 radical (unpaired) electrons. The van der Waals surface area contributed by atoms with Crippen molar-refractivity contribution in [1.82, 2.24) is 24.3 Å². The number of nitrogen functional groups attached to an aromatic ring is 1. The fourth-order valence-electron chi connectivity index (χ4n) is 1.68. The predicted octanol–water partition coefficient (Wildman–Crippen LogP) is -0.743. The molecule has 19 heavy (non-hydrogen) atoms. The Morgan fingerprint density at radius 2 is 2.05 bits per heavy atom. The lowest BCUT2D eigenvalue weighted by molar-refractivity contribution is 0.581. The molecule has 2 heterocycles. The number of hydrogen-bond acceptors (Lipinski definition) is 5. The van der Waals surface area contributed by atoms with Crippen molar-refractivity contribution < 1.29 is 8.42 Å². The van der Waals surface area contributed by atoms with Gasteiger partial charge in [0.05, 0.1) is 5.69 Å². The molecule has 0 bridgehead atoms. The van der Waals surface area contributed by atoms with Crippen LogP contribution in [0, 0.1) is 0 Å². The number of aromatic nitrogens is 4. The van der Waals surface area contributed by atoms with E-state index in [1.165, 1.54) is 10.9 Å². The third-order valence-corrected chi connectivity index (χ3v) is 4.03. The normalized spacial score (nSPS) is 11.9. The summed E-state index contributed by atoms with van der Waals surface area (Å²) < 4.78 is 29.5. The average Bonchev–Trinajstić information content (AvgIpc) is 2.85. The maximum absolute atomic E-state index is 12.0. The van der Waals surface area contributed by atoms with Crippen LogP contribution in [-0.2, 0) is 30.5 Å². The molecule has 0 aliphatic heterocycles. The van der Waals surface area contributed by atoms with Gasteiger partial charge in [-0.15, -0.1) is 0 Å². The van der Waals surface area contributed by atoms with Gasteiger partial charge in [0.2, 0.25) is 10.0 Å². The Morgan fingerprint density at radius 3 is 2.58 bits per heavy atom. The molecule has 0 spiro atoms. The van der Waals surface area contributed by atoms with Gasteiger partial charge in [-0.05, 0) is 6.07 Å². The van der Waals surface area contributed by atoms with Crippen LogP contribution in [0.1, 0.15) is 5.69 Å². The monoisotopic (exact) mass is 284 g/mol. The number of sulfonamides is 1. The van der Waals surface area contributed by atoms with Crippen LogP contribution >= 0.6 is 0 Å². The van der Waals surface area contributed by atoms with Crippen molar-refractivity contribution in [1.29, 1.82) is 0 Å². The van der Waals surface area contributed by atoms with Gasteiger partial charge in [0.25, 0.3) is 0 Å². The molecule has 104 valence electrons. The van der Waals surface area contributed by atoms with E-state index >= 15 is 0 Å². The van der Waals surface area contributed by atoms with E-state index in [0.29, 0.717) is 6.42 Å². The molecule has 8 nitrogen and oxygen atoms in total. The van der Waals surface area contributed by atoms with Crippen molar-refractivity contribution in [2.45, 2.75) is 11.3 Å². The van der Waals surface area contributed by atoms with Gasteiger partial charge >= 0.3 is 0 Å². The van der Waals surface area contributed by atoms with Crippen LogP contribution in [0.15, 0.2) is 23.4 Å². The fourth-order valence-corrected chi connectivity index (χ4v) is 2.81. The molecule has 2 aromatic heterocycles. The molecule has 0 aliphatic carbocycles. The van der Waals surface area contributed by atoms with Crippen LogP contribution in [0.5, 0.6) is 0 Å². The van der Waals surface area contributed by atoms with E-state index in [2.05, 4.69) is 14.9 Å². The van der Waals surface area contributed by atoms with E-state index in [9.17, 15) is 8.42 Å². The molecule has 0 saturated heterocycles. The summed E-state index contributed by atoms with van der Waals surface area (Å²) in [5.74, 6) is -0.00663. The fraction of sp³-hybridized carbons (Fsp3) is 0.400. The van der Waals surface area contributed by atoms with Crippen LogP contribution in [0.4, 0.5) is 5.82 Å². The largest absolute Gasteiger partial charge is 0.381 e. The number of nitrogens with two attached hydrogens (primary N) is 1. The van der Waals surface area contributed by atoms with Crippen molar-refractivity contribution in [3.63, 3.8) is 0 Å². The zero-order valence-corrected chi connectivity index (χ0v) is 11.6. The molecular formula is C10H16N6O2S. The minimum Gasteiger partial charge on any atom is -0.381 e. The summed E-state index contributed by atoms with van der Waals surface area (Å²) in [4.78, 5) is -0.00368. The minimum absolute atomic E-state index is 0.00368. The quantitative estimate of drug-likeness (QED) is 0.751. The molecule has 9 heteroatoms. The summed E-state index contributed by atoms with van der Waals surface area (Å²) >= 11 is 0. The van der Waals surface area contributed by atoms with Crippen LogP contribution in [-0.4, -0.2) is 34.5 Å². The smallest absolute Gasteiger partial charge is 0.245 e. The summed E-state index contributed by atoms with van der Waals surface area (Å²) in [5.41, 5.74) is 6.37. The molecule has 2 aromatic rings. The lowest BCUT2D eigenvalue weighted by Gasteiger charge is -2.04. The van der Waals surface area contributed by atoms with Crippen molar-refractivity contribution in [3.05, 3.63) is 24.2 Å². The van der Waals surface area contributed by atoms with E-state index < -0.39 is 10.0 Å². The Kier molecular flexibility index (Phi) is 3.58. The molecule has 2 rings (SSSR count). The van der Waals surface area contributed by atoms with Crippen LogP contribution in [0.3, 0.4) is 0 Å². The zero-order valence-electron chi connectivity index (χ0n) is 10.7. The lowest BCUT2D eigenvalue weighted by atomic mass is 10.3. The molecule has 0 amide bonds. The van der Waals surface area contributed by atoms with Crippen molar-refractivity contribution in [3.8, 4) is 0 Å². The van der Waals surface area contributed by atoms with Crippen molar-refractivity contribution >= 4 is 15.8 Å². The van der Waals surface area contributed by atoms with E-state index in [1.54, 1.807) is 11.7 Å². The summed E-state index contributed by atoms with van der Waals surface area (Å²) in [6, 6.07) is 1.84. The van der Waals surface area contributed by atoms with Crippen molar-refractivity contribution in [2.75, 3.05) is 12.3 Å². The molecule has 0 unspecified atom stereocenters. The Morgan fingerprint density at radius 1 is 1.32 bits per heavy atom. The highest BCUT2D eigenvalue weighted by Gasteiger charge is 2.19. The number of rotatable bonds is 5. The second-order valence-corrected chi connectivity index (χ2v) is 5.92. The molecular weight excluding hydrogens is 268 g/mol. The number of hydrogen-bond donors (Lipinski definition) is 2. The molecule has 0 saturated carbocycles. The molecule has 0 aliphatic rings. The number of nitrogens with zero attached hydrogens (tertiary/aromatic N) is 4. The van der Waals surface area contributed by atoms with E-state index in [0.717, 1.165) is 5.69 Å². The Bertz CT molecular complexity index is 672. The van der Waals surface area contributed by atoms with Gasteiger partial charge in [0, 0.05) is 39.5 Å². The Labute approximate surface area is 111 Å². The lowest BCUT2D eigenvalue weighted by Crippen LogP contribution is -2.26. The molecule has 0 aromatic carbocycles. The second kappa shape index (κ2) is 5.02. The first-order chi connectivity index (χ1) is 8.88. The van der Waals surface area contributed by atoms with Gasteiger partial charge in [0.15, 0.2) is 5.82 Å². The Balaban J connectivity index is 2.00. The minimum atomic E-state index is -3.63. The Hall–Kier alpha value is -1.87. The van der Waals surface area contributed by atoms with Gasteiger partial charge in [-0.1, -0.05) is 0 Å². The third kappa shape index (κ3) is 3.12. The highest BCUT2D eigenvalue weighted by Crippen LogP contribution is 2.14. The topological polar surface area (TPSA) is 108 Å². The first-order valence-corrected chi connectivity index (χ1v) is 7.14. The summed E-state index contributed by atoms with van der Waals surface area (Å²) in [6.07, 6.45) is 3.70. The molecule has 0 atom stereocenters. The van der Waals surface area contributed by atoms with Crippen molar-refractivity contribution in [2.24, 2.45) is 14.1 Å². The van der Waals surface area contributed by atoms with Gasteiger partial charge in [-0.3, -0.25) is 9.36 Å². The van der Waals surface area contributed by atoms with Gasteiger partial charge in [0.1, 0.15) is 4.90 Å². The number of nitrogens with one attached hydrogen (secondary N) is 1. The first-order valence-electron chi connectivity index (χ1n) is 5.66. The van der Waals surface area contributed by atoms with Gasteiger partial charge in [-0.2, -0.15) is 10.2 Å². The van der Waals surface area contributed by atoms with Gasteiger partial charge in [-0.25, -0.2) is 13.1 Å². The molecule has 0 fully saturated rings. The second-order valence-electron chi connectivity index (χ2n) is 4.18. The van der Waals surface area contributed by atoms with E-state index in [-0.39, 0.29) is 17.3 Å². The van der Waals surface area contributed by atoms with E-state index in [4.69, 9.17) is 5.73 Å². The number of aryl methyl sites for hydroxylation is 2. The zero-order chi connectivity index (χ0) is 14.0. The SMILES string of the molecule is Cn1ccc(CCNS(=O)(=O)c2cn(C)nc2N)n1. The standard InChI is InChI=1S/C10H16N6O2S/c1-15-6-4-8(13-15)3-5-12-19(17,18)9-7-16(2)14-10(9)11/h4,6-7,12H,3,5H2,1-2H3,(H2,11,14). The maximum Gasteiger partial charge on any atom is 0.245 e. The number of anilines is 1. The summed E-state index contributed by atoms with van der Waals surface area (Å²) in [5, 5.41) is 7.97. The van der Waals surface area contributed by atoms with E-state index in [1.807, 2.05) is 19.3 Å². The third-order valence-electron chi connectivity index (χ3n) is 2.55. The van der Waals surface area contributed by atoms with Crippen LogP contribution < -0.4 is 10.5 Å². The molecule has 3 N–H and O–H groups in total. The highest BCUT2D eigenvalue weighted by molar-refractivity contribution is 7.89. The van der Waals surface area contributed by atoms with Gasteiger partial charge < -0.3 is 5.73 Å². The predicted molar refractivity (Wildman–Crippen MR) is 69.7 cm³/mol. The first kappa shape index (κ1) is 13.6. The van der Waals surface area contributed by atoms with Crippen LogP contribution in [0.25, 0.3) is 0 Å². The van der Waals surface area contributed by atoms with Crippen LogP contribution in [0.2, 0.25) is 0 Å².